The van der Waals surface area contributed by atoms with Crippen LogP contribution in [-0.4, -0.2) is 42.8 Å². The summed E-state index contributed by atoms with van der Waals surface area (Å²) in [4.78, 5) is 2.54. The summed E-state index contributed by atoms with van der Waals surface area (Å²) >= 11 is 0. The van der Waals surface area contributed by atoms with Gasteiger partial charge in [-0.2, -0.15) is 5.26 Å². The Morgan fingerprint density at radius 2 is 1.84 bits per heavy atom. The smallest absolute Gasteiger partial charge is 0.121 e. The van der Waals surface area contributed by atoms with Crippen molar-refractivity contribution in [2.24, 2.45) is 0 Å². The molecule has 1 aliphatic rings. The molecule has 1 aromatic heterocycles. The third-order valence-electron chi connectivity index (χ3n) is 6.25. The molecule has 0 aliphatic carbocycles. The van der Waals surface area contributed by atoms with Crippen LogP contribution in [0.15, 0.2) is 42.5 Å². The molecule has 1 aliphatic heterocycles. The number of aryl methyl sites for hydroxylation is 1. The lowest BCUT2D eigenvalue weighted by molar-refractivity contribution is 0.205. The van der Waals surface area contributed by atoms with Crippen LogP contribution in [0.1, 0.15) is 38.2 Å². The van der Waals surface area contributed by atoms with Gasteiger partial charge in [-0.1, -0.05) is 18.6 Å². The quantitative estimate of drug-likeness (QED) is 0.493. The molecule has 1 fully saturated rings. The van der Waals surface area contributed by atoms with E-state index in [9.17, 15) is 5.26 Å². The molecule has 0 bridgehead atoms. The molecule has 0 saturated carbocycles. The Morgan fingerprint density at radius 3 is 2.52 bits per heavy atom. The zero-order chi connectivity index (χ0) is 21.6. The first-order valence-electron chi connectivity index (χ1n) is 11.4. The van der Waals surface area contributed by atoms with Gasteiger partial charge in [-0.3, -0.25) is 0 Å². The number of aromatic nitrogens is 1. The molecule has 162 valence electrons. The highest BCUT2D eigenvalue weighted by Gasteiger charge is 2.18. The number of likely N-dealkylation sites (tertiary alicyclic amines) is 1. The summed E-state index contributed by atoms with van der Waals surface area (Å²) in [6.07, 6.45) is 5.06. The standard InChI is InChI=1S/C26H32N4O/c1-3-30-25-18-22(31-17-7-16-29-14-5-4-6-15-29)12-13-23(25)24(19-27)26(30)20-8-10-21(28-2)11-9-20/h8-13,18,28H,3-7,14-17H2,1-2H3. The van der Waals surface area contributed by atoms with E-state index in [0.717, 1.165) is 65.3 Å². The minimum Gasteiger partial charge on any atom is -0.493 e. The number of nitrogens with one attached hydrogen (secondary N) is 1. The Morgan fingerprint density at radius 1 is 1.06 bits per heavy atom. The molecule has 0 unspecified atom stereocenters. The van der Waals surface area contributed by atoms with Crippen molar-refractivity contribution in [2.75, 3.05) is 38.6 Å². The average Bonchev–Trinajstić information content (AvgIpc) is 3.15. The van der Waals surface area contributed by atoms with Gasteiger partial charge in [0, 0.05) is 37.3 Å². The number of nitrogens with zero attached hydrogens (tertiary/aromatic N) is 3. The van der Waals surface area contributed by atoms with E-state index in [0.29, 0.717) is 0 Å². The molecule has 2 aromatic carbocycles. The molecule has 0 radical (unpaired) electrons. The van der Waals surface area contributed by atoms with E-state index in [2.05, 4.69) is 46.0 Å². The maximum atomic E-state index is 9.94. The van der Waals surface area contributed by atoms with E-state index in [1.165, 1.54) is 32.4 Å². The number of benzene rings is 2. The van der Waals surface area contributed by atoms with Gasteiger partial charge in [-0.15, -0.1) is 0 Å². The fraction of sp³-hybridized carbons (Fsp3) is 0.423. The van der Waals surface area contributed by atoms with Gasteiger partial charge in [0.2, 0.25) is 0 Å². The molecule has 31 heavy (non-hydrogen) atoms. The van der Waals surface area contributed by atoms with E-state index in [-0.39, 0.29) is 0 Å². The fourth-order valence-electron chi connectivity index (χ4n) is 4.62. The van der Waals surface area contributed by atoms with Crippen LogP contribution in [0.4, 0.5) is 5.69 Å². The van der Waals surface area contributed by atoms with Gasteiger partial charge in [0.05, 0.1) is 23.4 Å². The zero-order valence-electron chi connectivity index (χ0n) is 18.7. The molecule has 0 atom stereocenters. The van der Waals surface area contributed by atoms with Crippen LogP contribution in [0.25, 0.3) is 22.2 Å². The van der Waals surface area contributed by atoms with Crippen molar-refractivity contribution in [3.8, 4) is 23.1 Å². The number of ether oxygens (including phenoxy) is 1. The minimum absolute atomic E-state index is 0.721. The van der Waals surface area contributed by atoms with Crippen molar-refractivity contribution in [2.45, 2.75) is 39.2 Å². The Kier molecular flexibility index (Phi) is 6.79. The van der Waals surface area contributed by atoms with Crippen LogP contribution < -0.4 is 10.1 Å². The molecule has 4 rings (SSSR count). The summed E-state index contributed by atoms with van der Waals surface area (Å²) < 4.78 is 8.32. The van der Waals surface area contributed by atoms with E-state index < -0.39 is 0 Å². The molecule has 1 N–H and O–H groups in total. The third kappa shape index (κ3) is 4.55. The van der Waals surface area contributed by atoms with Crippen LogP contribution in [0.5, 0.6) is 5.75 Å². The fourth-order valence-corrected chi connectivity index (χ4v) is 4.62. The predicted octanol–water partition coefficient (Wildman–Crippen LogP) is 5.50. The molecule has 0 spiro atoms. The van der Waals surface area contributed by atoms with E-state index in [1.54, 1.807) is 0 Å². The number of rotatable bonds is 8. The summed E-state index contributed by atoms with van der Waals surface area (Å²) in [7, 11) is 1.91. The van der Waals surface area contributed by atoms with Crippen molar-refractivity contribution >= 4 is 16.6 Å². The van der Waals surface area contributed by atoms with Crippen LogP contribution in [0.3, 0.4) is 0 Å². The first-order chi connectivity index (χ1) is 15.2. The molecular formula is C26H32N4O. The number of nitriles is 1. The van der Waals surface area contributed by atoms with Crippen molar-refractivity contribution < 1.29 is 4.74 Å². The molecule has 2 heterocycles. The van der Waals surface area contributed by atoms with Crippen molar-refractivity contribution in [3.05, 3.63) is 48.0 Å². The maximum Gasteiger partial charge on any atom is 0.121 e. The summed E-state index contributed by atoms with van der Waals surface area (Å²) in [6, 6.07) is 16.8. The predicted molar refractivity (Wildman–Crippen MR) is 128 cm³/mol. The van der Waals surface area contributed by atoms with Crippen LogP contribution in [0.2, 0.25) is 0 Å². The zero-order valence-corrected chi connectivity index (χ0v) is 18.7. The molecular weight excluding hydrogens is 384 g/mol. The average molecular weight is 417 g/mol. The summed E-state index contributed by atoms with van der Waals surface area (Å²) in [6.45, 7) is 7.20. The normalized spacial score (nSPS) is 14.5. The van der Waals surface area contributed by atoms with E-state index >= 15 is 0 Å². The first-order valence-corrected chi connectivity index (χ1v) is 11.4. The van der Waals surface area contributed by atoms with Gasteiger partial charge in [-0.05, 0) is 69.1 Å². The van der Waals surface area contributed by atoms with Crippen LogP contribution >= 0.6 is 0 Å². The number of fused-ring (bicyclic) bond motifs is 1. The molecule has 5 heteroatoms. The van der Waals surface area contributed by atoms with Gasteiger partial charge in [-0.25, -0.2) is 0 Å². The van der Waals surface area contributed by atoms with Gasteiger partial charge in [0.25, 0.3) is 0 Å². The van der Waals surface area contributed by atoms with Crippen molar-refractivity contribution in [3.63, 3.8) is 0 Å². The molecule has 5 nitrogen and oxygen atoms in total. The lowest BCUT2D eigenvalue weighted by Crippen LogP contribution is -2.31. The van der Waals surface area contributed by atoms with Gasteiger partial charge < -0.3 is 19.5 Å². The Bertz CT molecular complexity index is 1060. The molecule has 0 amide bonds. The van der Waals surface area contributed by atoms with Gasteiger partial charge in [0.1, 0.15) is 11.8 Å². The number of hydrogen-bond acceptors (Lipinski definition) is 4. The lowest BCUT2D eigenvalue weighted by Gasteiger charge is -2.26. The monoisotopic (exact) mass is 416 g/mol. The summed E-state index contributed by atoms with van der Waals surface area (Å²) in [5, 5.41) is 14.1. The van der Waals surface area contributed by atoms with E-state index in [4.69, 9.17) is 4.74 Å². The molecule has 1 saturated heterocycles. The van der Waals surface area contributed by atoms with Crippen molar-refractivity contribution in [1.29, 1.82) is 5.26 Å². The SMILES string of the molecule is CCn1c(-c2ccc(NC)cc2)c(C#N)c2ccc(OCCCN3CCCCC3)cc21. The Hall–Kier alpha value is -2.97. The largest absolute Gasteiger partial charge is 0.493 e. The second-order valence-electron chi connectivity index (χ2n) is 8.19. The maximum absolute atomic E-state index is 9.94. The highest BCUT2D eigenvalue weighted by Crippen LogP contribution is 2.35. The number of hydrogen-bond donors (Lipinski definition) is 1. The van der Waals surface area contributed by atoms with E-state index in [1.807, 2.05) is 31.3 Å². The third-order valence-corrected chi connectivity index (χ3v) is 6.25. The Labute approximate surface area is 185 Å². The number of anilines is 1. The molecule has 3 aromatic rings. The minimum atomic E-state index is 0.721. The van der Waals surface area contributed by atoms with Crippen LogP contribution in [-0.2, 0) is 6.54 Å². The van der Waals surface area contributed by atoms with Gasteiger partial charge in [0.15, 0.2) is 0 Å². The topological polar surface area (TPSA) is 53.2 Å². The first kappa shape index (κ1) is 21.3. The summed E-state index contributed by atoms with van der Waals surface area (Å²) in [5.74, 6) is 0.875. The summed E-state index contributed by atoms with van der Waals surface area (Å²) in [5.41, 5.74) is 4.87. The highest BCUT2D eigenvalue weighted by molar-refractivity contribution is 5.95. The second-order valence-corrected chi connectivity index (χ2v) is 8.19. The second kappa shape index (κ2) is 9.89. The highest BCUT2D eigenvalue weighted by atomic mass is 16.5. The number of piperidine rings is 1. The Balaban J connectivity index is 1.56. The lowest BCUT2D eigenvalue weighted by atomic mass is 10.1. The van der Waals surface area contributed by atoms with Gasteiger partial charge >= 0.3 is 0 Å². The van der Waals surface area contributed by atoms with Crippen LogP contribution in [0, 0.1) is 11.3 Å². The van der Waals surface area contributed by atoms with Crippen molar-refractivity contribution in [1.82, 2.24) is 9.47 Å².